The molecule has 1 heterocycles. The molecule has 0 radical (unpaired) electrons. The van der Waals surface area contributed by atoms with Crippen molar-refractivity contribution in [3.8, 4) is 0 Å². The third-order valence-corrected chi connectivity index (χ3v) is 4.63. The van der Waals surface area contributed by atoms with E-state index in [4.69, 9.17) is 9.84 Å². The first kappa shape index (κ1) is 17.7. The number of halogens is 3. The summed E-state index contributed by atoms with van der Waals surface area (Å²) in [5.74, 6) is -2.15. The predicted molar refractivity (Wildman–Crippen MR) is 80.9 cm³/mol. The van der Waals surface area contributed by atoms with Gasteiger partial charge in [0.25, 0.3) is 0 Å². The van der Waals surface area contributed by atoms with E-state index in [2.05, 4.69) is 0 Å². The Kier molecular flexibility index (Phi) is 4.73. The summed E-state index contributed by atoms with van der Waals surface area (Å²) in [4.78, 5) is 24.9. The van der Waals surface area contributed by atoms with Gasteiger partial charge < -0.3 is 14.7 Å². The van der Waals surface area contributed by atoms with E-state index in [1.165, 1.54) is 17.0 Å². The average Bonchev–Trinajstić information content (AvgIpc) is 3.33. The molecule has 0 spiro atoms. The fourth-order valence-electron chi connectivity index (χ4n) is 3.36. The lowest BCUT2D eigenvalue weighted by atomic mass is 10.0. The fraction of sp³-hybridized carbons (Fsp3) is 0.529. The number of carboxylic acid groups (broad SMARTS) is 1. The standard InChI is InChI=1S/C17H18F3NO4/c18-17(19,20)14-4-2-1-3-11(14)12-8-13(12)16(24)21-5-6-25-10(9-21)7-15(22)23/h1-4,10,12-13H,5-9H2,(H,22,23)/t10-,12+,13+/m1/s1. The highest BCUT2D eigenvalue weighted by Crippen LogP contribution is 2.51. The van der Waals surface area contributed by atoms with Crippen molar-refractivity contribution >= 4 is 11.9 Å². The fourth-order valence-corrected chi connectivity index (χ4v) is 3.36. The highest BCUT2D eigenvalue weighted by molar-refractivity contribution is 5.83. The summed E-state index contributed by atoms with van der Waals surface area (Å²) in [5, 5.41) is 8.82. The van der Waals surface area contributed by atoms with Gasteiger partial charge in [0.15, 0.2) is 0 Å². The number of carbonyl (C=O) groups is 2. The first-order valence-corrected chi connectivity index (χ1v) is 8.05. The van der Waals surface area contributed by atoms with E-state index < -0.39 is 35.6 Å². The molecule has 1 amide bonds. The summed E-state index contributed by atoms with van der Waals surface area (Å²) in [6, 6.07) is 5.34. The van der Waals surface area contributed by atoms with Gasteiger partial charge in [-0.25, -0.2) is 0 Å². The highest BCUT2D eigenvalue weighted by atomic mass is 19.4. The van der Waals surface area contributed by atoms with E-state index in [0.717, 1.165) is 6.07 Å². The van der Waals surface area contributed by atoms with Gasteiger partial charge in [-0.15, -0.1) is 0 Å². The number of aliphatic carboxylic acids is 1. The minimum Gasteiger partial charge on any atom is -0.481 e. The highest BCUT2D eigenvalue weighted by Gasteiger charge is 2.49. The molecule has 0 unspecified atom stereocenters. The molecule has 5 nitrogen and oxygen atoms in total. The van der Waals surface area contributed by atoms with E-state index in [1.54, 1.807) is 6.07 Å². The normalized spacial score (nSPS) is 26.4. The summed E-state index contributed by atoms with van der Waals surface area (Å²) < 4.78 is 44.7. The van der Waals surface area contributed by atoms with E-state index >= 15 is 0 Å². The number of amides is 1. The smallest absolute Gasteiger partial charge is 0.416 e. The summed E-state index contributed by atoms with van der Waals surface area (Å²) in [6.45, 7) is 0.731. The van der Waals surface area contributed by atoms with Crippen molar-refractivity contribution in [1.29, 1.82) is 0 Å². The number of hydrogen-bond acceptors (Lipinski definition) is 3. The molecular formula is C17H18F3NO4. The molecule has 1 saturated carbocycles. The second kappa shape index (κ2) is 6.67. The van der Waals surface area contributed by atoms with Crippen LogP contribution in [0.15, 0.2) is 24.3 Å². The molecular weight excluding hydrogens is 339 g/mol. The van der Waals surface area contributed by atoms with Gasteiger partial charge in [-0.1, -0.05) is 18.2 Å². The summed E-state index contributed by atoms with van der Waals surface area (Å²) >= 11 is 0. The van der Waals surface area contributed by atoms with Crippen molar-refractivity contribution in [3.63, 3.8) is 0 Å². The van der Waals surface area contributed by atoms with Crippen molar-refractivity contribution in [2.75, 3.05) is 19.7 Å². The Bertz CT molecular complexity index is 676. The third kappa shape index (κ3) is 3.95. The lowest BCUT2D eigenvalue weighted by Gasteiger charge is -2.32. The number of carboxylic acids is 1. The van der Waals surface area contributed by atoms with Crippen LogP contribution >= 0.6 is 0 Å². The van der Waals surface area contributed by atoms with Crippen LogP contribution in [-0.4, -0.2) is 47.7 Å². The minimum absolute atomic E-state index is 0.156. The van der Waals surface area contributed by atoms with Crippen LogP contribution in [-0.2, 0) is 20.5 Å². The van der Waals surface area contributed by atoms with Crippen molar-refractivity contribution in [2.24, 2.45) is 5.92 Å². The maximum atomic E-state index is 13.1. The summed E-state index contributed by atoms with van der Waals surface area (Å²) in [6.07, 6.45) is -4.84. The topological polar surface area (TPSA) is 66.8 Å². The minimum atomic E-state index is -4.45. The van der Waals surface area contributed by atoms with Gasteiger partial charge in [-0.3, -0.25) is 9.59 Å². The van der Waals surface area contributed by atoms with Gasteiger partial charge in [0.2, 0.25) is 5.91 Å². The van der Waals surface area contributed by atoms with Crippen LogP contribution in [0.5, 0.6) is 0 Å². The van der Waals surface area contributed by atoms with E-state index in [-0.39, 0.29) is 31.0 Å². The maximum Gasteiger partial charge on any atom is 0.416 e. The molecule has 3 rings (SSSR count). The number of ether oxygens (including phenoxy) is 1. The first-order valence-electron chi connectivity index (χ1n) is 8.05. The Hall–Kier alpha value is -2.09. The summed E-state index contributed by atoms with van der Waals surface area (Å²) in [5.41, 5.74) is -0.537. The van der Waals surface area contributed by atoms with Crippen LogP contribution in [0.4, 0.5) is 13.2 Å². The van der Waals surface area contributed by atoms with Crippen molar-refractivity contribution < 1.29 is 32.6 Å². The van der Waals surface area contributed by atoms with Gasteiger partial charge in [-0.05, 0) is 24.0 Å². The zero-order chi connectivity index (χ0) is 18.2. The predicted octanol–water partition coefficient (Wildman–Crippen LogP) is 2.51. The van der Waals surface area contributed by atoms with E-state index in [0.29, 0.717) is 13.0 Å². The van der Waals surface area contributed by atoms with Crippen LogP contribution in [0.25, 0.3) is 0 Å². The molecule has 0 bridgehead atoms. The zero-order valence-electron chi connectivity index (χ0n) is 13.3. The largest absolute Gasteiger partial charge is 0.481 e. The first-order chi connectivity index (χ1) is 11.8. The molecule has 8 heteroatoms. The van der Waals surface area contributed by atoms with Crippen LogP contribution in [0.2, 0.25) is 0 Å². The number of benzene rings is 1. The Labute approximate surface area is 142 Å². The number of hydrogen-bond donors (Lipinski definition) is 1. The molecule has 1 N–H and O–H groups in total. The number of carbonyl (C=O) groups excluding carboxylic acids is 1. The molecule has 1 aliphatic carbocycles. The summed E-state index contributed by atoms with van der Waals surface area (Å²) in [7, 11) is 0. The SMILES string of the molecule is O=C(O)C[C@@H]1CN(C(=O)[C@H]2C[C@H]2c2ccccc2C(F)(F)F)CCO1. The second-order valence-corrected chi connectivity index (χ2v) is 6.41. The zero-order valence-corrected chi connectivity index (χ0v) is 13.3. The third-order valence-electron chi connectivity index (χ3n) is 4.63. The van der Waals surface area contributed by atoms with Gasteiger partial charge in [0.1, 0.15) is 0 Å². The molecule has 0 aromatic heterocycles. The molecule has 1 aromatic rings. The molecule has 1 saturated heterocycles. The van der Waals surface area contributed by atoms with E-state index in [1.807, 2.05) is 0 Å². The van der Waals surface area contributed by atoms with Crippen molar-refractivity contribution in [3.05, 3.63) is 35.4 Å². The molecule has 2 aliphatic rings. The molecule has 2 fully saturated rings. The Balaban J connectivity index is 1.68. The van der Waals surface area contributed by atoms with Crippen molar-refractivity contribution in [2.45, 2.75) is 31.0 Å². The maximum absolute atomic E-state index is 13.1. The Morgan fingerprint density at radius 2 is 2.00 bits per heavy atom. The molecule has 1 aliphatic heterocycles. The Morgan fingerprint density at radius 3 is 2.68 bits per heavy atom. The van der Waals surface area contributed by atoms with Crippen molar-refractivity contribution in [1.82, 2.24) is 4.90 Å². The second-order valence-electron chi connectivity index (χ2n) is 6.41. The van der Waals surface area contributed by atoms with Crippen LogP contribution in [0.3, 0.4) is 0 Å². The number of alkyl halides is 3. The molecule has 1 aromatic carbocycles. The molecule has 3 atom stereocenters. The number of nitrogens with zero attached hydrogens (tertiary/aromatic N) is 1. The van der Waals surface area contributed by atoms with Gasteiger partial charge in [0, 0.05) is 19.0 Å². The average molecular weight is 357 g/mol. The number of rotatable bonds is 4. The van der Waals surface area contributed by atoms with Gasteiger partial charge in [0.05, 0.1) is 24.7 Å². The lowest BCUT2D eigenvalue weighted by Crippen LogP contribution is -2.47. The Morgan fingerprint density at radius 1 is 1.28 bits per heavy atom. The van der Waals surface area contributed by atoms with Crippen LogP contribution in [0.1, 0.15) is 29.9 Å². The quantitative estimate of drug-likeness (QED) is 0.899. The van der Waals surface area contributed by atoms with E-state index in [9.17, 15) is 22.8 Å². The molecule has 136 valence electrons. The number of morpholine rings is 1. The van der Waals surface area contributed by atoms with Gasteiger partial charge in [-0.2, -0.15) is 13.2 Å². The van der Waals surface area contributed by atoms with Gasteiger partial charge >= 0.3 is 12.1 Å². The van der Waals surface area contributed by atoms with Crippen LogP contribution in [0, 0.1) is 5.92 Å². The molecule has 25 heavy (non-hydrogen) atoms. The van der Waals surface area contributed by atoms with Crippen LogP contribution < -0.4 is 0 Å². The monoisotopic (exact) mass is 357 g/mol. The lowest BCUT2D eigenvalue weighted by molar-refractivity contribution is -0.148.